The Morgan fingerprint density at radius 2 is 1.91 bits per heavy atom. The molecule has 0 heterocycles. The molecule has 0 spiro atoms. The van der Waals surface area contributed by atoms with E-state index in [0.717, 1.165) is 11.1 Å². The summed E-state index contributed by atoms with van der Waals surface area (Å²) in [6.45, 7) is 6.31. The number of hydrogen-bond acceptors (Lipinski definition) is 4. The highest BCUT2D eigenvalue weighted by Gasteiger charge is 2.08. The molecule has 122 valence electrons. The minimum absolute atomic E-state index is 0.0725. The van der Waals surface area contributed by atoms with E-state index >= 15 is 0 Å². The molecule has 0 aliphatic heterocycles. The van der Waals surface area contributed by atoms with Crippen molar-refractivity contribution < 1.29 is 14.3 Å². The smallest absolute Gasteiger partial charge is 0.262 e. The summed E-state index contributed by atoms with van der Waals surface area (Å²) in [5, 5.41) is 2.74. The van der Waals surface area contributed by atoms with Crippen LogP contribution in [0.5, 0.6) is 11.5 Å². The Morgan fingerprint density at radius 1 is 1.13 bits per heavy atom. The van der Waals surface area contributed by atoms with Crippen molar-refractivity contribution in [3.05, 3.63) is 47.5 Å². The minimum atomic E-state index is -0.262. The highest BCUT2D eigenvalue weighted by atomic mass is 16.5. The molecule has 0 aromatic heterocycles. The number of amides is 1. The summed E-state index contributed by atoms with van der Waals surface area (Å²) in [6, 6.07) is 11.0. The summed E-state index contributed by atoms with van der Waals surface area (Å²) in [5.41, 5.74) is 8.99. The van der Waals surface area contributed by atoms with Crippen LogP contribution in [0.2, 0.25) is 0 Å². The number of anilines is 2. The van der Waals surface area contributed by atoms with Gasteiger partial charge in [-0.1, -0.05) is 12.1 Å². The summed E-state index contributed by atoms with van der Waals surface area (Å²) in [4.78, 5) is 12.0. The third kappa shape index (κ3) is 4.64. The quantitative estimate of drug-likeness (QED) is 0.802. The van der Waals surface area contributed by atoms with Crippen LogP contribution in [-0.2, 0) is 4.79 Å². The molecule has 0 radical (unpaired) electrons. The Morgan fingerprint density at radius 3 is 2.61 bits per heavy atom. The number of nitrogens with one attached hydrogen (secondary N) is 1. The Kier molecular flexibility index (Phi) is 5.46. The summed E-state index contributed by atoms with van der Waals surface area (Å²) in [5.74, 6) is 1.12. The van der Waals surface area contributed by atoms with E-state index in [4.69, 9.17) is 15.2 Å². The average Bonchev–Trinajstić information content (AvgIpc) is 2.51. The number of nitrogens with two attached hydrogens (primary N) is 1. The molecule has 0 saturated carbocycles. The molecule has 2 aromatic carbocycles. The largest absolute Gasteiger partial charge is 0.494 e. The Hall–Kier alpha value is -2.69. The van der Waals surface area contributed by atoms with Gasteiger partial charge in [0, 0.05) is 6.07 Å². The van der Waals surface area contributed by atoms with Crippen LogP contribution in [0.1, 0.15) is 18.1 Å². The van der Waals surface area contributed by atoms with Crippen molar-refractivity contribution in [2.45, 2.75) is 20.8 Å². The van der Waals surface area contributed by atoms with Gasteiger partial charge in [0.25, 0.3) is 5.91 Å². The molecule has 0 fully saturated rings. The van der Waals surface area contributed by atoms with Crippen molar-refractivity contribution in [3.8, 4) is 11.5 Å². The van der Waals surface area contributed by atoms with E-state index in [1.165, 1.54) is 0 Å². The van der Waals surface area contributed by atoms with Crippen molar-refractivity contribution >= 4 is 17.3 Å². The van der Waals surface area contributed by atoms with Crippen LogP contribution >= 0.6 is 0 Å². The van der Waals surface area contributed by atoms with Crippen LogP contribution < -0.4 is 20.5 Å². The molecule has 5 heteroatoms. The first-order valence-corrected chi connectivity index (χ1v) is 7.52. The highest BCUT2D eigenvalue weighted by Crippen LogP contribution is 2.24. The minimum Gasteiger partial charge on any atom is -0.494 e. The van der Waals surface area contributed by atoms with Crippen LogP contribution in [0.15, 0.2) is 36.4 Å². The molecule has 1 amide bonds. The fourth-order valence-electron chi connectivity index (χ4n) is 2.10. The number of nitrogen functional groups attached to an aromatic ring is 1. The van der Waals surface area contributed by atoms with E-state index in [2.05, 4.69) is 5.32 Å². The van der Waals surface area contributed by atoms with Gasteiger partial charge in [0.2, 0.25) is 0 Å². The zero-order chi connectivity index (χ0) is 16.8. The predicted molar refractivity (Wildman–Crippen MR) is 92.1 cm³/mol. The molecular formula is C18H22N2O3. The molecule has 0 saturated heterocycles. The maximum absolute atomic E-state index is 12.0. The first-order valence-electron chi connectivity index (χ1n) is 7.52. The van der Waals surface area contributed by atoms with Crippen LogP contribution in [0.25, 0.3) is 0 Å². The third-order valence-electron chi connectivity index (χ3n) is 3.31. The third-order valence-corrected chi connectivity index (χ3v) is 3.31. The molecule has 23 heavy (non-hydrogen) atoms. The standard InChI is InChI=1S/C18H22N2O3/c1-4-22-14-7-8-16(15(19)10-14)20-18(21)11-23-17-9-12(2)5-6-13(17)3/h5-10H,4,11,19H2,1-3H3,(H,20,21). The number of carbonyl (C=O) groups is 1. The second-order valence-electron chi connectivity index (χ2n) is 5.29. The number of ether oxygens (including phenoxy) is 2. The average molecular weight is 314 g/mol. The lowest BCUT2D eigenvalue weighted by Gasteiger charge is -2.12. The van der Waals surface area contributed by atoms with Gasteiger partial charge >= 0.3 is 0 Å². The van der Waals surface area contributed by atoms with Crippen LogP contribution in [0.4, 0.5) is 11.4 Å². The summed E-state index contributed by atoms with van der Waals surface area (Å²) >= 11 is 0. The maximum Gasteiger partial charge on any atom is 0.262 e. The lowest BCUT2D eigenvalue weighted by Crippen LogP contribution is -2.21. The lowest BCUT2D eigenvalue weighted by atomic mass is 10.1. The van der Waals surface area contributed by atoms with Crippen molar-refractivity contribution in [1.29, 1.82) is 0 Å². The van der Waals surface area contributed by atoms with Gasteiger partial charge in [0.1, 0.15) is 11.5 Å². The molecule has 5 nitrogen and oxygen atoms in total. The molecule has 0 unspecified atom stereocenters. The van der Waals surface area contributed by atoms with Crippen molar-refractivity contribution in [2.24, 2.45) is 0 Å². The molecule has 3 N–H and O–H groups in total. The molecule has 0 bridgehead atoms. The van der Waals surface area contributed by atoms with E-state index in [-0.39, 0.29) is 12.5 Å². The van der Waals surface area contributed by atoms with Gasteiger partial charge < -0.3 is 20.5 Å². The van der Waals surface area contributed by atoms with E-state index in [0.29, 0.717) is 29.5 Å². The summed E-state index contributed by atoms with van der Waals surface area (Å²) < 4.78 is 10.9. The Labute approximate surface area is 136 Å². The van der Waals surface area contributed by atoms with E-state index < -0.39 is 0 Å². The molecule has 0 atom stereocenters. The normalized spacial score (nSPS) is 10.2. The van der Waals surface area contributed by atoms with Crippen molar-refractivity contribution in [1.82, 2.24) is 0 Å². The van der Waals surface area contributed by atoms with Crippen molar-refractivity contribution in [3.63, 3.8) is 0 Å². The maximum atomic E-state index is 12.0. The van der Waals surface area contributed by atoms with Gasteiger partial charge in [-0.2, -0.15) is 0 Å². The lowest BCUT2D eigenvalue weighted by molar-refractivity contribution is -0.118. The summed E-state index contributed by atoms with van der Waals surface area (Å²) in [7, 11) is 0. The predicted octanol–water partition coefficient (Wildman–Crippen LogP) is 3.30. The molecular weight excluding hydrogens is 292 g/mol. The number of hydrogen-bond donors (Lipinski definition) is 2. The highest BCUT2D eigenvalue weighted by molar-refractivity contribution is 5.95. The number of aryl methyl sites for hydroxylation is 2. The molecule has 0 aliphatic rings. The fourth-order valence-corrected chi connectivity index (χ4v) is 2.10. The van der Waals surface area contributed by atoms with E-state index in [1.807, 2.05) is 39.0 Å². The molecule has 2 rings (SSSR count). The van der Waals surface area contributed by atoms with Gasteiger partial charge in [-0.25, -0.2) is 0 Å². The Balaban J connectivity index is 1.96. The van der Waals surface area contributed by atoms with Crippen LogP contribution in [0.3, 0.4) is 0 Å². The molecule has 0 aliphatic carbocycles. The number of benzene rings is 2. The van der Waals surface area contributed by atoms with Crippen LogP contribution in [0, 0.1) is 13.8 Å². The number of rotatable bonds is 6. The van der Waals surface area contributed by atoms with Crippen molar-refractivity contribution in [2.75, 3.05) is 24.3 Å². The SMILES string of the molecule is CCOc1ccc(NC(=O)COc2cc(C)ccc2C)c(N)c1. The first kappa shape index (κ1) is 16.7. The number of carbonyl (C=O) groups excluding carboxylic acids is 1. The Bertz CT molecular complexity index is 699. The van der Waals surface area contributed by atoms with E-state index in [9.17, 15) is 4.79 Å². The summed E-state index contributed by atoms with van der Waals surface area (Å²) in [6.07, 6.45) is 0. The first-order chi connectivity index (χ1) is 11.0. The van der Waals surface area contributed by atoms with E-state index in [1.54, 1.807) is 18.2 Å². The molecule has 2 aromatic rings. The van der Waals surface area contributed by atoms with Gasteiger partial charge in [-0.15, -0.1) is 0 Å². The fraction of sp³-hybridized carbons (Fsp3) is 0.278. The zero-order valence-corrected chi connectivity index (χ0v) is 13.7. The monoisotopic (exact) mass is 314 g/mol. The second-order valence-corrected chi connectivity index (χ2v) is 5.29. The van der Waals surface area contributed by atoms with Crippen LogP contribution in [-0.4, -0.2) is 19.1 Å². The second kappa shape index (κ2) is 7.54. The van der Waals surface area contributed by atoms with Gasteiger partial charge in [0.05, 0.1) is 18.0 Å². The van der Waals surface area contributed by atoms with Gasteiger partial charge in [0.15, 0.2) is 6.61 Å². The van der Waals surface area contributed by atoms with Gasteiger partial charge in [-0.05, 0) is 50.1 Å². The van der Waals surface area contributed by atoms with Gasteiger partial charge in [-0.3, -0.25) is 4.79 Å². The zero-order valence-electron chi connectivity index (χ0n) is 13.7. The topological polar surface area (TPSA) is 73.6 Å².